The Labute approximate surface area is 163 Å². The van der Waals surface area contributed by atoms with E-state index in [0.29, 0.717) is 24.5 Å². The van der Waals surface area contributed by atoms with Crippen molar-refractivity contribution in [3.05, 3.63) is 106 Å². The Kier molecular flexibility index (Phi) is 5.06. The van der Waals surface area contributed by atoms with Gasteiger partial charge in [0.15, 0.2) is 0 Å². The molecule has 0 spiro atoms. The van der Waals surface area contributed by atoms with Crippen LogP contribution in [0.5, 0.6) is 5.75 Å². The fraction of sp³-hybridized carbons (Fsp3) is 0.130. The highest BCUT2D eigenvalue weighted by Gasteiger charge is 2.04. The molecule has 2 aromatic carbocycles. The summed E-state index contributed by atoms with van der Waals surface area (Å²) in [6.07, 6.45) is 0. The Balaban J connectivity index is 1.40. The Morgan fingerprint density at radius 3 is 2.54 bits per heavy atom. The number of nitrogens with zero attached hydrogens (tertiary/aromatic N) is 2. The first-order valence-corrected chi connectivity index (χ1v) is 9.18. The van der Waals surface area contributed by atoms with Crippen LogP contribution in [0, 0.1) is 6.92 Å². The number of fused-ring (bicyclic) bond motifs is 1. The van der Waals surface area contributed by atoms with Gasteiger partial charge < -0.3 is 10.1 Å². The minimum atomic E-state index is -0.0652. The minimum absolute atomic E-state index is 0.0652. The molecular weight excluding hydrogens is 350 g/mol. The van der Waals surface area contributed by atoms with Crippen LogP contribution in [0.3, 0.4) is 0 Å². The van der Waals surface area contributed by atoms with Crippen molar-refractivity contribution in [2.45, 2.75) is 20.1 Å². The monoisotopic (exact) mass is 371 g/mol. The van der Waals surface area contributed by atoms with Crippen LogP contribution < -0.4 is 15.6 Å². The standard InChI is InChI=1S/C23H21N3O2/c1-17-6-5-9-22-25-20(14-23(27)26(17)22)15-24-19-10-12-21(13-11-19)28-16-18-7-3-2-4-8-18/h2-14,24H,15-16H2,1H3. The molecule has 0 saturated carbocycles. The third-order valence-corrected chi connectivity index (χ3v) is 4.51. The molecule has 0 amide bonds. The van der Waals surface area contributed by atoms with Gasteiger partial charge in [-0.15, -0.1) is 0 Å². The second-order valence-corrected chi connectivity index (χ2v) is 6.60. The summed E-state index contributed by atoms with van der Waals surface area (Å²) in [6, 6.07) is 25.1. The van der Waals surface area contributed by atoms with Gasteiger partial charge in [0.1, 0.15) is 18.0 Å². The van der Waals surface area contributed by atoms with Gasteiger partial charge in [-0.25, -0.2) is 4.98 Å². The molecule has 0 saturated heterocycles. The Morgan fingerprint density at radius 1 is 0.964 bits per heavy atom. The predicted molar refractivity (Wildman–Crippen MR) is 111 cm³/mol. The second kappa shape index (κ2) is 7.96. The second-order valence-electron chi connectivity index (χ2n) is 6.60. The van der Waals surface area contributed by atoms with E-state index >= 15 is 0 Å². The number of aromatic nitrogens is 2. The molecule has 5 nitrogen and oxygen atoms in total. The zero-order chi connectivity index (χ0) is 19.3. The van der Waals surface area contributed by atoms with Crippen LogP contribution in [0.2, 0.25) is 0 Å². The molecule has 4 aromatic rings. The average Bonchev–Trinajstić information content (AvgIpc) is 2.72. The van der Waals surface area contributed by atoms with Gasteiger partial charge in [0, 0.05) is 17.4 Å². The number of pyridine rings is 1. The normalized spacial score (nSPS) is 10.8. The van der Waals surface area contributed by atoms with Gasteiger partial charge >= 0.3 is 0 Å². The molecule has 0 aliphatic heterocycles. The van der Waals surface area contributed by atoms with Gasteiger partial charge in [-0.1, -0.05) is 36.4 Å². The van der Waals surface area contributed by atoms with E-state index in [-0.39, 0.29) is 5.56 Å². The fourth-order valence-electron chi connectivity index (χ4n) is 3.06. The smallest absolute Gasteiger partial charge is 0.258 e. The van der Waals surface area contributed by atoms with Crippen molar-refractivity contribution in [1.29, 1.82) is 0 Å². The molecule has 0 radical (unpaired) electrons. The lowest BCUT2D eigenvalue weighted by molar-refractivity contribution is 0.306. The molecule has 4 rings (SSSR count). The molecule has 0 aliphatic rings. The van der Waals surface area contributed by atoms with Crippen molar-refractivity contribution in [2.24, 2.45) is 0 Å². The summed E-state index contributed by atoms with van der Waals surface area (Å²) in [5.74, 6) is 0.812. The quantitative estimate of drug-likeness (QED) is 0.552. The summed E-state index contributed by atoms with van der Waals surface area (Å²) in [4.78, 5) is 16.9. The van der Waals surface area contributed by atoms with E-state index < -0.39 is 0 Å². The molecule has 0 unspecified atom stereocenters. The molecule has 28 heavy (non-hydrogen) atoms. The lowest BCUT2D eigenvalue weighted by Crippen LogP contribution is -2.18. The van der Waals surface area contributed by atoms with Crippen molar-refractivity contribution in [2.75, 3.05) is 5.32 Å². The number of hydrogen-bond acceptors (Lipinski definition) is 4. The van der Waals surface area contributed by atoms with Crippen LogP contribution in [0.1, 0.15) is 17.0 Å². The predicted octanol–water partition coefficient (Wildman–Crippen LogP) is 4.19. The summed E-state index contributed by atoms with van der Waals surface area (Å²) < 4.78 is 7.41. The summed E-state index contributed by atoms with van der Waals surface area (Å²) in [5.41, 5.74) is 4.26. The molecule has 0 fully saturated rings. The summed E-state index contributed by atoms with van der Waals surface area (Å²) in [6.45, 7) is 2.91. The summed E-state index contributed by atoms with van der Waals surface area (Å²) in [5, 5.41) is 3.30. The molecule has 5 heteroatoms. The van der Waals surface area contributed by atoms with E-state index in [1.54, 1.807) is 10.5 Å². The van der Waals surface area contributed by atoms with Crippen LogP contribution in [0.25, 0.3) is 5.65 Å². The highest BCUT2D eigenvalue weighted by Crippen LogP contribution is 2.17. The highest BCUT2D eigenvalue weighted by molar-refractivity contribution is 5.47. The highest BCUT2D eigenvalue weighted by atomic mass is 16.5. The van der Waals surface area contributed by atoms with Gasteiger partial charge in [0.05, 0.1) is 12.2 Å². The first kappa shape index (κ1) is 17.8. The number of nitrogens with one attached hydrogen (secondary N) is 1. The van der Waals surface area contributed by atoms with Crippen LogP contribution in [0.15, 0.2) is 83.7 Å². The van der Waals surface area contributed by atoms with E-state index in [1.807, 2.05) is 79.7 Å². The number of hydrogen-bond donors (Lipinski definition) is 1. The van der Waals surface area contributed by atoms with Crippen molar-refractivity contribution in [1.82, 2.24) is 9.38 Å². The summed E-state index contributed by atoms with van der Waals surface area (Å²) in [7, 11) is 0. The fourth-order valence-corrected chi connectivity index (χ4v) is 3.06. The topological polar surface area (TPSA) is 55.6 Å². The van der Waals surface area contributed by atoms with Gasteiger partial charge in [-0.3, -0.25) is 9.20 Å². The molecule has 0 atom stereocenters. The number of anilines is 1. The first-order valence-electron chi connectivity index (χ1n) is 9.18. The number of ether oxygens (including phenoxy) is 1. The summed E-state index contributed by atoms with van der Waals surface area (Å²) >= 11 is 0. The Hall–Kier alpha value is -3.60. The van der Waals surface area contributed by atoms with E-state index in [1.165, 1.54) is 0 Å². The van der Waals surface area contributed by atoms with E-state index in [0.717, 1.165) is 22.7 Å². The van der Waals surface area contributed by atoms with Crippen LogP contribution in [-0.4, -0.2) is 9.38 Å². The Bertz CT molecular complexity index is 1140. The molecule has 2 heterocycles. The van der Waals surface area contributed by atoms with Gasteiger partial charge in [0.25, 0.3) is 5.56 Å². The number of aryl methyl sites for hydroxylation is 1. The van der Waals surface area contributed by atoms with Crippen molar-refractivity contribution >= 4 is 11.3 Å². The van der Waals surface area contributed by atoms with Crippen molar-refractivity contribution in [3.8, 4) is 5.75 Å². The molecule has 0 aliphatic carbocycles. The molecule has 0 bridgehead atoms. The Morgan fingerprint density at radius 2 is 1.75 bits per heavy atom. The largest absolute Gasteiger partial charge is 0.489 e. The number of rotatable bonds is 6. The lowest BCUT2D eigenvalue weighted by atomic mass is 10.2. The van der Waals surface area contributed by atoms with E-state index in [9.17, 15) is 4.79 Å². The maximum atomic E-state index is 12.3. The first-order chi connectivity index (χ1) is 13.7. The van der Waals surface area contributed by atoms with Crippen molar-refractivity contribution < 1.29 is 4.74 Å². The SMILES string of the molecule is Cc1cccc2nc(CNc3ccc(OCc4ccccc4)cc3)cc(=O)n12. The third kappa shape index (κ3) is 4.04. The van der Waals surface area contributed by atoms with Crippen molar-refractivity contribution in [3.63, 3.8) is 0 Å². The zero-order valence-electron chi connectivity index (χ0n) is 15.6. The zero-order valence-corrected chi connectivity index (χ0v) is 15.6. The van der Waals surface area contributed by atoms with Gasteiger partial charge in [-0.2, -0.15) is 0 Å². The maximum Gasteiger partial charge on any atom is 0.258 e. The molecule has 1 N–H and O–H groups in total. The van der Waals surface area contributed by atoms with Gasteiger partial charge in [0.2, 0.25) is 0 Å². The third-order valence-electron chi connectivity index (χ3n) is 4.51. The van der Waals surface area contributed by atoms with Crippen LogP contribution in [0.4, 0.5) is 5.69 Å². The molecule has 2 aromatic heterocycles. The van der Waals surface area contributed by atoms with Crippen LogP contribution >= 0.6 is 0 Å². The van der Waals surface area contributed by atoms with E-state index in [2.05, 4.69) is 10.3 Å². The van der Waals surface area contributed by atoms with E-state index in [4.69, 9.17) is 4.74 Å². The average molecular weight is 371 g/mol. The molecular formula is C23H21N3O2. The maximum absolute atomic E-state index is 12.3. The van der Waals surface area contributed by atoms with Gasteiger partial charge in [-0.05, 0) is 48.9 Å². The molecule has 140 valence electrons. The minimum Gasteiger partial charge on any atom is -0.489 e. The van der Waals surface area contributed by atoms with Crippen LogP contribution in [-0.2, 0) is 13.2 Å². The number of benzene rings is 2. The lowest BCUT2D eigenvalue weighted by Gasteiger charge is -2.10.